The molecule has 0 aliphatic rings. The van der Waals surface area contributed by atoms with Gasteiger partial charge in [-0.15, -0.1) is 0 Å². The number of nitrogens with zero attached hydrogens (tertiary/aromatic N) is 7. The molecule has 12 aromatic rings. The van der Waals surface area contributed by atoms with Crippen LogP contribution >= 0.6 is 27.5 Å². The maximum Gasteiger partial charge on any atom is 0.341 e. The number of nitrogens with two attached hydrogens (primary N) is 2. The van der Waals surface area contributed by atoms with E-state index in [-0.39, 0.29) is 52.9 Å². The summed E-state index contributed by atoms with van der Waals surface area (Å²) in [5.74, 6) is -0.128. The Balaban J connectivity index is 0.000000195. The molecular weight excluding hydrogens is 1280 g/mol. The van der Waals surface area contributed by atoms with E-state index in [1.165, 1.54) is 23.8 Å². The number of benzene rings is 2. The van der Waals surface area contributed by atoms with Crippen molar-refractivity contribution in [2.75, 3.05) is 24.7 Å². The first-order valence-corrected chi connectivity index (χ1v) is 26.5. The number of esters is 2. The lowest BCUT2D eigenvalue weighted by molar-refractivity contribution is -0.699. The van der Waals surface area contributed by atoms with Crippen molar-refractivity contribution >= 4 is 73.2 Å². The summed E-state index contributed by atoms with van der Waals surface area (Å²) in [7, 11) is 0. The number of nitrogen functional groups attached to an aromatic ring is 2. The van der Waals surface area contributed by atoms with Gasteiger partial charge in [-0.2, -0.15) is 9.13 Å². The minimum Gasteiger partial charge on any atom is -1.00 e. The monoisotopic (exact) mass is 1340 g/mol. The number of fused-ring (bicyclic) bond motifs is 2. The number of H-pyrrole nitrogens is 5. The highest BCUT2D eigenvalue weighted by molar-refractivity contribution is 9.10. The van der Waals surface area contributed by atoms with Crippen LogP contribution in [0.25, 0.3) is 56.2 Å². The Kier molecular flexibility index (Phi) is 25.9. The molecule has 0 radical (unpaired) electrons. The molecule has 10 heterocycles. The zero-order chi connectivity index (χ0) is 56.9. The second-order valence-electron chi connectivity index (χ2n) is 17.3. The molecule has 0 fully saturated rings. The number of aromatic nitrogens is 12. The Labute approximate surface area is 518 Å². The van der Waals surface area contributed by atoms with Crippen molar-refractivity contribution in [1.82, 2.24) is 49.8 Å². The van der Waals surface area contributed by atoms with Gasteiger partial charge in [-0.05, 0) is 74.5 Å². The molecule has 0 saturated heterocycles. The van der Waals surface area contributed by atoms with E-state index in [1.807, 2.05) is 109 Å². The first-order chi connectivity index (χ1) is 39.5. The zero-order valence-electron chi connectivity index (χ0n) is 44.7. The number of carbonyl (C=O) groups is 2. The maximum absolute atomic E-state index is 12.0. The minimum atomic E-state index is -0.414. The van der Waals surface area contributed by atoms with Gasteiger partial charge in [-0.1, -0.05) is 91.8 Å². The standard InChI is InChI=1S/C19H19N3O2.C12H11BrN.C11H7ClN4.C11H8N4O.C7H10N2O2.CH4.2BrH/c1-2-24-19(23)15-12-16(21-18(15)20)17-10-6-7-11-22(17)13-14-8-4-3-5-9-14;13-12-8-4-5-9-14(12)10-11-6-2-1-3-7-11;12-10-7-5-9(8-3-1-2-4-13-8)16-11(7)15-6-14-10;16-11-7-5-9(8-3-1-2-4-12-8)15-10(7)13-6-14-11;1-2-11-7(10)5-3-4-9-6(5)8;;;/h3-12H,2,13H2,1H3,(H2,20,21);1-9H,10H2;1-6H,(H,14,15,16);1-6H,(H2,13,14,15,16);3-4,9H,2,8H2,1H3;1H4;2*1H/q;+1;;;;;;/p-1. The summed E-state index contributed by atoms with van der Waals surface area (Å²) in [6.07, 6.45) is 11.9. The molecule has 23 heteroatoms. The van der Waals surface area contributed by atoms with Crippen molar-refractivity contribution in [2.45, 2.75) is 34.4 Å². The van der Waals surface area contributed by atoms with Crippen LogP contribution in [0.5, 0.6) is 0 Å². The molecular formula is C61H60Br3ClN14O5. The Morgan fingerprint density at radius 1 is 0.571 bits per heavy atom. The van der Waals surface area contributed by atoms with Gasteiger partial charge in [0.25, 0.3) is 5.56 Å². The number of hydrogen-bond acceptors (Lipinski definition) is 12. The van der Waals surface area contributed by atoms with Crippen LogP contribution in [0, 0.1) is 0 Å². The molecule has 12 rings (SSSR count). The Morgan fingerprint density at radius 2 is 1.11 bits per heavy atom. The van der Waals surface area contributed by atoms with Crippen LogP contribution in [0.2, 0.25) is 5.15 Å². The lowest BCUT2D eigenvalue weighted by atomic mass is 10.2. The number of halogens is 4. The second kappa shape index (κ2) is 33.1. The van der Waals surface area contributed by atoms with Crippen LogP contribution in [0.3, 0.4) is 0 Å². The minimum absolute atomic E-state index is 0. The Hall–Kier alpha value is -9.09. The molecule has 0 unspecified atom stereocenters. The molecule has 10 aromatic heterocycles. The van der Waals surface area contributed by atoms with Gasteiger partial charge in [-0.3, -0.25) is 14.8 Å². The highest BCUT2D eigenvalue weighted by Crippen LogP contribution is 2.26. The lowest BCUT2D eigenvalue weighted by Gasteiger charge is -2.02. The maximum atomic E-state index is 12.0. The van der Waals surface area contributed by atoms with Crippen LogP contribution in [0.15, 0.2) is 211 Å². The van der Waals surface area contributed by atoms with Crippen molar-refractivity contribution in [1.29, 1.82) is 0 Å². The molecule has 0 amide bonds. The summed E-state index contributed by atoms with van der Waals surface area (Å²) >= 11 is 9.48. The van der Waals surface area contributed by atoms with E-state index in [0.717, 1.165) is 62.9 Å². The number of pyridine rings is 4. The molecule has 0 spiro atoms. The molecule has 0 aliphatic heterocycles. The largest absolute Gasteiger partial charge is 1.00 e. The molecule has 19 nitrogen and oxygen atoms in total. The molecule has 0 aliphatic carbocycles. The van der Waals surface area contributed by atoms with Gasteiger partial charge < -0.3 is 79.8 Å². The Morgan fingerprint density at radius 3 is 1.64 bits per heavy atom. The van der Waals surface area contributed by atoms with E-state index in [4.69, 9.17) is 32.5 Å². The summed E-state index contributed by atoms with van der Waals surface area (Å²) in [6, 6.07) is 51.0. The highest BCUT2D eigenvalue weighted by atomic mass is 79.9. The van der Waals surface area contributed by atoms with Crippen LogP contribution in [0.4, 0.5) is 11.6 Å². The van der Waals surface area contributed by atoms with Gasteiger partial charge in [0.2, 0.25) is 10.3 Å². The number of carbonyl (C=O) groups excluding carboxylic acids is 2. The number of aromatic amines is 5. The Bertz CT molecular complexity index is 4020. The summed E-state index contributed by atoms with van der Waals surface area (Å²) in [5.41, 5.74) is 20.8. The average molecular weight is 1340 g/mol. The van der Waals surface area contributed by atoms with Gasteiger partial charge in [0, 0.05) is 69.9 Å². The fourth-order valence-electron chi connectivity index (χ4n) is 7.94. The zero-order valence-corrected chi connectivity index (χ0v) is 50.2. The van der Waals surface area contributed by atoms with E-state index in [2.05, 4.69) is 117 Å². The van der Waals surface area contributed by atoms with Crippen LogP contribution in [-0.4, -0.2) is 75.0 Å². The van der Waals surface area contributed by atoms with E-state index >= 15 is 0 Å². The molecule has 2 aromatic carbocycles. The van der Waals surface area contributed by atoms with Gasteiger partial charge in [0.05, 0.1) is 53.1 Å². The summed E-state index contributed by atoms with van der Waals surface area (Å²) in [5, 5.41) is 1.80. The molecule has 84 heavy (non-hydrogen) atoms. The van der Waals surface area contributed by atoms with Gasteiger partial charge in [0.15, 0.2) is 25.5 Å². The van der Waals surface area contributed by atoms with Crippen LogP contribution in [0.1, 0.15) is 53.1 Å². The topological polar surface area (TPSA) is 273 Å². The van der Waals surface area contributed by atoms with E-state index in [0.29, 0.717) is 52.2 Å². The number of hydrogen-bond donors (Lipinski definition) is 7. The third-order valence-electron chi connectivity index (χ3n) is 11.8. The summed E-state index contributed by atoms with van der Waals surface area (Å²) in [6.45, 7) is 5.84. The number of nitrogens with one attached hydrogen (secondary N) is 5. The van der Waals surface area contributed by atoms with E-state index in [9.17, 15) is 14.4 Å². The van der Waals surface area contributed by atoms with E-state index < -0.39 is 5.97 Å². The number of rotatable bonds is 11. The summed E-state index contributed by atoms with van der Waals surface area (Å²) < 4.78 is 15.1. The molecule has 432 valence electrons. The second-order valence-corrected chi connectivity index (χ2v) is 18.5. The SMILES string of the molecule is Brc1cccc[n+]1Cc1ccccc1.C.CCOC(=O)c1cc(-c2cccc[n+]2Cc2ccccc2)[nH]c1N.CCOC(=O)c1cc[nH]c1N.Clc1ncnc2[nH]c(-c3ccccn3)cc12.O=c1[nH]cnc2[nH]c(-c3ccccn3)cc12.[Br-].[Br-]. The molecule has 0 atom stereocenters. The van der Waals surface area contributed by atoms with Gasteiger partial charge in [0.1, 0.15) is 51.2 Å². The predicted molar refractivity (Wildman–Crippen MR) is 322 cm³/mol. The van der Waals surface area contributed by atoms with E-state index in [1.54, 1.807) is 50.6 Å². The lowest BCUT2D eigenvalue weighted by Crippen LogP contribution is -3.00. The third-order valence-corrected chi connectivity index (χ3v) is 12.8. The smallest absolute Gasteiger partial charge is 0.341 e. The van der Waals surface area contributed by atoms with Crippen LogP contribution in [-0.2, 0) is 22.6 Å². The normalized spacial score (nSPS) is 10.0. The average Bonchev–Trinajstić information content (AvgIpc) is 4.46. The number of anilines is 2. The van der Waals surface area contributed by atoms with Crippen LogP contribution < -0.4 is 60.1 Å². The van der Waals surface area contributed by atoms with Crippen molar-refractivity contribution in [3.8, 4) is 34.2 Å². The third kappa shape index (κ3) is 18.0. The fourth-order valence-corrected chi connectivity index (χ4v) is 8.52. The van der Waals surface area contributed by atoms with Crippen molar-refractivity contribution in [3.05, 3.63) is 244 Å². The van der Waals surface area contributed by atoms with Crippen molar-refractivity contribution < 1.29 is 62.2 Å². The first kappa shape index (κ1) is 65.7. The van der Waals surface area contributed by atoms with Crippen molar-refractivity contribution in [3.63, 3.8) is 0 Å². The first-order valence-electron chi connectivity index (χ1n) is 25.3. The molecule has 0 saturated carbocycles. The quantitative estimate of drug-likeness (QED) is 0.0392. The predicted octanol–water partition coefficient (Wildman–Crippen LogP) is 4.97. The van der Waals surface area contributed by atoms with Gasteiger partial charge in [-0.25, -0.2) is 24.5 Å². The molecule has 9 N–H and O–H groups in total. The fraction of sp³-hybridized carbons (Fsp3) is 0.115. The van der Waals surface area contributed by atoms with Gasteiger partial charge >= 0.3 is 11.9 Å². The highest BCUT2D eigenvalue weighted by Gasteiger charge is 2.21. The summed E-state index contributed by atoms with van der Waals surface area (Å²) in [4.78, 5) is 69.5. The number of ether oxygens (including phenoxy) is 2. The van der Waals surface area contributed by atoms with Crippen molar-refractivity contribution in [2.24, 2.45) is 0 Å². The molecule has 0 bridgehead atoms.